The third-order valence-corrected chi connectivity index (χ3v) is 1.77. The Morgan fingerprint density at radius 1 is 1.33 bits per heavy atom. The van der Waals surface area contributed by atoms with Crippen molar-refractivity contribution in [3.8, 4) is 11.8 Å². The van der Waals surface area contributed by atoms with Gasteiger partial charge in [0, 0.05) is 11.1 Å². The number of rotatable bonds is 3. The Bertz CT molecular complexity index is 430. The standard InChI is InChI=1S/C13H10O2/c1-2-13(15)5-3-4-11-6-8-12(10-14)9-7-11/h2,6-10H,1,5H2. The zero-order valence-corrected chi connectivity index (χ0v) is 8.19. The Morgan fingerprint density at radius 3 is 2.53 bits per heavy atom. The van der Waals surface area contributed by atoms with Crippen molar-refractivity contribution in [1.82, 2.24) is 0 Å². The van der Waals surface area contributed by atoms with Crippen LogP contribution in [0.3, 0.4) is 0 Å². The molecule has 0 aliphatic heterocycles. The monoisotopic (exact) mass is 198 g/mol. The summed E-state index contributed by atoms with van der Waals surface area (Å²) in [6.07, 6.45) is 2.21. The lowest BCUT2D eigenvalue weighted by atomic mass is 10.1. The molecule has 2 nitrogen and oxygen atoms in total. The van der Waals surface area contributed by atoms with E-state index in [0.29, 0.717) is 5.56 Å². The number of hydrogen-bond donors (Lipinski definition) is 0. The Morgan fingerprint density at radius 2 is 2.00 bits per heavy atom. The van der Waals surface area contributed by atoms with Crippen LogP contribution in [0.2, 0.25) is 0 Å². The first-order valence-corrected chi connectivity index (χ1v) is 4.45. The molecule has 0 amide bonds. The largest absolute Gasteiger partial charge is 0.298 e. The van der Waals surface area contributed by atoms with Gasteiger partial charge in [-0.25, -0.2) is 0 Å². The molecule has 0 spiro atoms. The van der Waals surface area contributed by atoms with Crippen LogP contribution in [0.25, 0.3) is 0 Å². The van der Waals surface area contributed by atoms with E-state index in [0.717, 1.165) is 11.8 Å². The van der Waals surface area contributed by atoms with Crippen LogP contribution in [0.5, 0.6) is 0 Å². The Balaban J connectivity index is 2.68. The molecule has 0 aliphatic carbocycles. The summed E-state index contributed by atoms with van der Waals surface area (Å²) in [4.78, 5) is 21.2. The normalized spacial score (nSPS) is 8.53. The van der Waals surface area contributed by atoms with E-state index >= 15 is 0 Å². The number of aldehydes is 1. The molecule has 0 heterocycles. The minimum absolute atomic E-state index is 0.0907. The van der Waals surface area contributed by atoms with Crippen molar-refractivity contribution in [3.63, 3.8) is 0 Å². The molecule has 0 atom stereocenters. The van der Waals surface area contributed by atoms with E-state index in [4.69, 9.17) is 0 Å². The Hall–Kier alpha value is -2.14. The average molecular weight is 198 g/mol. The first-order valence-electron chi connectivity index (χ1n) is 4.45. The molecule has 0 unspecified atom stereocenters. The van der Waals surface area contributed by atoms with Gasteiger partial charge in [0.05, 0.1) is 6.42 Å². The molecular formula is C13H10O2. The van der Waals surface area contributed by atoms with Crippen LogP contribution in [0, 0.1) is 11.8 Å². The summed E-state index contributed by atoms with van der Waals surface area (Å²) in [6, 6.07) is 6.86. The summed E-state index contributed by atoms with van der Waals surface area (Å²) in [5.74, 6) is 5.47. The number of carbonyl (C=O) groups excluding carboxylic acids is 2. The van der Waals surface area contributed by atoms with Gasteiger partial charge in [-0.05, 0) is 18.2 Å². The van der Waals surface area contributed by atoms with Gasteiger partial charge in [-0.15, -0.1) is 0 Å². The molecule has 0 radical (unpaired) electrons. The average Bonchev–Trinajstić information content (AvgIpc) is 2.29. The van der Waals surface area contributed by atoms with Crippen LogP contribution in [0.1, 0.15) is 22.3 Å². The van der Waals surface area contributed by atoms with Crippen LogP contribution in [0.15, 0.2) is 36.9 Å². The van der Waals surface area contributed by atoms with Gasteiger partial charge in [-0.3, -0.25) is 9.59 Å². The van der Waals surface area contributed by atoms with Gasteiger partial charge in [-0.1, -0.05) is 30.6 Å². The zero-order chi connectivity index (χ0) is 11.1. The highest BCUT2D eigenvalue weighted by Crippen LogP contribution is 2.00. The molecule has 0 aromatic heterocycles. The lowest BCUT2D eigenvalue weighted by Crippen LogP contribution is -1.87. The number of allylic oxidation sites excluding steroid dienone is 1. The van der Waals surface area contributed by atoms with E-state index in [9.17, 15) is 9.59 Å². The molecule has 15 heavy (non-hydrogen) atoms. The topological polar surface area (TPSA) is 34.1 Å². The number of hydrogen-bond acceptors (Lipinski definition) is 2. The van der Waals surface area contributed by atoms with Crippen molar-refractivity contribution in [1.29, 1.82) is 0 Å². The predicted molar refractivity (Wildman–Crippen MR) is 58.5 cm³/mol. The molecule has 0 bridgehead atoms. The summed E-state index contributed by atoms with van der Waals surface area (Å²) in [7, 11) is 0. The first kappa shape index (κ1) is 10.9. The molecule has 0 N–H and O–H groups in total. The minimum atomic E-state index is -0.0907. The number of ketones is 1. The van der Waals surface area contributed by atoms with Gasteiger partial charge in [-0.2, -0.15) is 0 Å². The number of carbonyl (C=O) groups is 2. The van der Waals surface area contributed by atoms with Gasteiger partial charge in [0.1, 0.15) is 6.29 Å². The van der Waals surface area contributed by atoms with Gasteiger partial charge in [0.15, 0.2) is 5.78 Å². The molecule has 0 saturated carbocycles. The minimum Gasteiger partial charge on any atom is -0.298 e. The molecule has 0 fully saturated rings. The van der Waals surface area contributed by atoms with E-state index < -0.39 is 0 Å². The smallest absolute Gasteiger partial charge is 0.166 e. The molecular weight excluding hydrogens is 188 g/mol. The highest BCUT2D eigenvalue weighted by molar-refractivity contribution is 5.90. The van der Waals surface area contributed by atoms with E-state index in [1.165, 1.54) is 6.08 Å². The van der Waals surface area contributed by atoms with E-state index in [1.54, 1.807) is 24.3 Å². The molecule has 1 aromatic rings. The molecule has 1 aromatic carbocycles. The van der Waals surface area contributed by atoms with Gasteiger partial charge >= 0.3 is 0 Å². The fourth-order valence-electron chi connectivity index (χ4n) is 0.951. The van der Waals surface area contributed by atoms with Crippen molar-refractivity contribution >= 4 is 12.1 Å². The SMILES string of the molecule is C=CC(=O)CC#Cc1ccc(C=O)cc1. The lowest BCUT2D eigenvalue weighted by molar-refractivity contribution is -0.113. The molecule has 2 heteroatoms. The van der Waals surface area contributed by atoms with Crippen LogP contribution < -0.4 is 0 Å². The van der Waals surface area contributed by atoms with Crippen LogP contribution in [-0.4, -0.2) is 12.1 Å². The summed E-state index contributed by atoms with van der Waals surface area (Å²) >= 11 is 0. The maximum atomic E-state index is 10.8. The van der Waals surface area contributed by atoms with E-state index in [1.807, 2.05) is 0 Å². The fourth-order valence-corrected chi connectivity index (χ4v) is 0.951. The summed E-state index contributed by atoms with van der Waals surface area (Å²) < 4.78 is 0. The third kappa shape index (κ3) is 3.61. The summed E-state index contributed by atoms with van der Waals surface area (Å²) in [5, 5.41) is 0. The maximum absolute atomic E-state index is 10.8. The maximum Gasteiger partial charge on any atom is 0.166 e. The van der Waals surface area contributed by atoms with Crippen LogP contribution in [-0.2, 0) is 4.79 Å². The van der Waals surface area contributed by atoms with E-state index in [2.05, 4.69) is 18.4 Å². The van der Waals surface area contributed by atoms with Crippen molar-refractivity contribution in [2.45, 2.75) is 6.42 Å². The lowest BCUT2D eigenvalue weighted by Gasteiger charge is -1.90. The quantitative estimate of drug-likeness (QED) is 0.423. The molecule has 74 valence electrons. The number of benzene rings is 1. The third-order valence-electron chi connectivity index (χ3n) is 1.77. The van der Waals surface area contributed by atoms with Gasteiger partial charge in [0.25, 0.3) is 0 Å². The van der Waals surface area contributed by atoms with Crippen molar-refractivity contribution in [3.05, 3.63) is 48.0 Å². The molecule has 0 aliphatic rings. The predicted octanol–water partition coefficient (Wildman–Crippen LogP) is 2.00. The fraction of sp³-hybridized carbons (Fsp3) is 0.0769. The first-order chi connectivity index (χ1) is 7.26. The van der Waals surface area contributed by atoms with Crippen LogP contribution >= 0.6 is 0 Å². The van der Waals surface area contributed by atoms with Crippen molar-refractivity contribution in [2.75, 3.05) is 0 Å². The van der Waals surface area contributed by atoms with Crippen molar-refractivity contribution < 1.29 is 9.59 Å². The molecule has 1 rings (SSSR count). The summed E-state index contributed by atoms with van der Waals surface area (Å²) in [5.41, 5.74) is 1.40. The Kier molecular flexibility index (Phi) is 4.05. The van der Waals surface area contributed by atoms with E-state index in [-0.39, 0.29) is 12.2 Å². The highest BCUT2D eigenvalue weighted by Gasteiger charge is 1.90. The Labute approximate surface area is 88.6 Å². The van der Waals surface area contributed by atoms with Gasteiger partial charge in [0.2, 0.25) is 0 Å². The second kappa shape index (κ2) is 5.56. The second-order valence-corrected chi connectivity index (χ2v) is 2.89. The van der Waals surface area contributed by atoms with Crippen molar-refractivity contribution in [2.24, 2.45) is 0 Å². The molecule has 0 saturated heterocycles. The summed E-state index contributed by atoms with van der Waals surface area (Å²) in [6.45, 7) is 3.35. The highest BCUT2D eigenvalue weighted by atomic mass is 16.1. The second-order valence-electron chi connectivity index (χ2n) is 2.89. The van der Waals surface area contributed by atoms with Crippen LogP contribution in [0.4, 0.5) is 0 Å². The zero-order valence-electron chi connectivity index (χ0n) is 8.19. The van der Waals surface area contributed by atoms with Gasteiger partial charge < -0.3 is 0 Å².